The minimum atomic E-state index is 0.763. The second kappa shape index (κ2) is 7.47. The van der Waals surface area contributed by atoms with Gasteiger partial charge in [0, 0.05) is 29.6 Å². The predicted molar refractivity (Wildman–Crippen MR) is 97.6 cm³/mol. The summed E-state index contributed by atoms with van der Waals surface area (Å²) in [4.78, 5) is 4.79. The van der Waals surface area contributed by atoms with Gasteiger partial charge in [-0.05, 0) is 72.8 Å². The molecule has 0 aromatic heterocycles. The lowest BCUT2D eigenvalue weighted by Gasteiger charge is -2.05. The summed E-state index contributed by atoms with van der Waals surface area (Å²) in [5, 5.41) is 1.53. The molecule has 0 radical (unpaired) electrons. The van der Waals surface area contributed by atoms with Crippen molar-refractivity contribution >= 4 is 46.7 Å². The van der Waals surface area contributed by atoms with Crippen LogP contribution in [0.5, 0.6) is 0 Å². The molecule has 0 aliphatic heterocycles. The van der Waals surface area contributed by atoms with Crippen LogP contribution in [0.1, 0.15) is 0 Å². The van der Waals surface area contributed by atoms with Crippen molar-refractivity contribution in [1.29, 1.82) is 0 Å². The van der Waals surface area contributed by atoms with Gasteiger partial charge in [-0.1, -0.05) is 46.7 Å². The van der Waals surface area contributed by atoms with Crippen LogP contribution in [0.2, 0.25) is 10.0 Å². The zero-order valence-electron chi connectivity index (χ0n) is 11.5. The highest BCUT2D eigenvalue weighted by Crippen LogP contribution is 2.32. The van der Waals surface area contributed by atoms with E-state index in [0.717, 1.165) is 10.0 Å². The van der Waals surface area contributed by atoms with Crippen molar-refractivity contribution in [2.45, 2.75) is 19.6 Å². The summed E-state index contributed by atoms with van der Waals surface area (Å²) < 4.78 is 0. The third-order valence-electron chi connectivity index (χ3n) is 2.92. The van der Waals surface area contributed by atoms with Gasteiger partial charge in [-0.15, -0.1) is 0 Å². The van der Waals surface area contributed by atoms with E-state index in [-0.39, 0.29) is 0 Å². The number of benzene rings is 3. The fraction of sp³-hybridized carbons (Fsp3) is 0. The zero-order valence-corrected chi connectivity index (χ0v) is 14.6. The molecular formula is C18H12Cl2S2. The van der Waals surface area contributed by atoms with Crippen molar-refractivity contribution in [3.8, 4) is 0 Å². The quantitative estimate of drug-likeness (QED) is 0.477. The van der Waals surface area contributed by atoms with Gasteiger partial charge in [0.25, 0.3) is 0 Å². The maximum Gasteiger partial charge on any atom is 0.0406 e. The normalized spacial score (nSPS) is 10.6. The average molecular weight is 363 g/mol. The third-order valence-corrected chi connectivity index (χ3v) is 5.46. The molecule has 0 fully saturated rings. The van der Waals surface area contributed by atoms with Gasteiger partial charge in [-0.2, -0.15) is 0 Å². The average Bonchev–Trinajstić information content (AvgIpc) is 2.54. The number of halogens is 2. The lowest BCUT2D eigenvalue weighted by atomic mass is 10.4. The number of hydrogen-bond acceptors (Lipinski definition) is 2. The van der Waals surface area contributed by atoms with Gasteiger partial charge in [0.05, 0.1) is 0 Å². The van der Waals surface area contributed by atoms with Crippen LogP contribution in [0.15, 0.2) is 92.4 Å². The van der Waals surface area contributed by atoms with Crippen molar-refractivity contribution in [3.63, 3.8) is 0 Å². The summed E-state index contributed by atoms with van der Waals surface area (Å²) in [6.07, 6.45) is 0. The molecule has 0 spiro atoms. The van der Waals surface area contributed by atoms with Gasteiger partial charge in [0.2, 0.25) is 0 Å². The Bertz CT molecular complexity index is 669. The molecule has 0 nitrogen and oxygen atoms in total. The van der Waals surface area contributed by atoms with Crippen LogP contribution in [-0.2, 0) is 0 Å². The molecule has 110 valence electrons. The summed E-state index contributed by atoms with van der Waals surface area (Å²) >= 11 is 15.3. The summed E-state index contributed by atoms with van der Waals surface area (Å²) in [5.74, 6) is 0. The molecule has 0 unspecified atom stereocenters. The molecule has 0 saturated heterocycles. The first-order chi connectivity index (χ1) is 10.7. The molecular weight excluding hydrogens is 351 g/mol. The first-order valence-electron chi connectivity index (χ1n) is 6.66. The molecule has 0 amide bonds. The first-order valence-corrected chi connectivity index (χ1v) is 9.05. The van der Waals surface area contributed by atoms with E-state index in [1.54, 1.807) is 23.5 Å². The molecule has 0 saturated carbocycles. The molecule has 0 N–H and O–H groups in total. The van der Waals surface area contributed by atoms with Gasteiger partial charge in [-0.25, -0.2) is 0 Å². The molecule has 0 bridgehead atoms. The minimum Gasteiger partial charge on any atom is -0.0901 e. The van der Waals surface area contributed by atoms with Crippen LogP contribution in [0.25, 0.3) is 0 Å². The van der Waals surface area contributed by atoms with Crippen LogP contribution < -0.4 is 0 Å². The van der Waals surface area contributed by atoms with Crippen molar-refractivity contribution in [2.75, 3.05) is 0 Å². The van der Waals surface area contributed by atoms with E-state index in [9.17, 15) is 0 Å². The summed E-state index contributed by atoms with van der Waals surface area (Å²) in [6.45, 7) is 0. The fourth-order valence-corrected chi connectivity index (χ4v) is 3.74. The molecule has 3 aromatic carbocycles. The fourth-order valence-electron chi connectivity index (χ4n) is 1.85. The van der Waals surface area contributed by atoms with Gasteiger partial charge in [0.15, 0.2) is 0 Å². The molecule has 4 heteroatoms. The molecule has 0 atom stereocenters. The second-order valence-electron chi connectivity index (χ2n) is 4.58. The third kappa shape index (κ3) is 4.47. The second-order valence-corrected chi connectivity index (χ2v) is 7.75. The Morgan fingerprint density at radius 2 is 0.636 bits per heavy atom. The van der Waals surface area contributed by atoms with Gasteiger partial charge in [-0.3, -0.25) is 0 Å². The standard InChI is InChI=1S/C18H12Cl2S2/c19-13-1-5-15(6-2-13)21-17-9-11-18(12-10-17)22-16-7-3-14(20)4-8-16/h1-12H. The largest absolute Gasteiger partial charge is 0.0901 e. The Labute approximate surface area is 148 Å². The molecule has 0 heterocycles. The van der Waals surface area contributed by atoms with Crippen LogP contribution in [-0.4, -0.2) is 0 Å². The Hall–Kier alpha value is -1.06. The maximum absolute atomic E-state index is 5.90. The Balaban J connectivity index is 1.67. The van der Waals surface area contributed by atoms with Crippen molar-refractivity contribution in [1.82, 2.24) is 0 Å². The van der Waals surface area contributed by atoms with Crippen molar-refractivity contribution in [3.05, 3.63) is 82.8 Å². The monoisotopic (exact) mass is 362 g/mol. The minimum absolute atomic E-state index is 0.763. The van der Waals surface area contributed by atoms with Crippen molar-refractivity contribution in [2.24, 2.45) is 0 Å². The lowest BCUT2D eigenvalue weighted by molar-refractivity contribution is 1.33. The number of rotatable bonds is 4. The molecule has 0 aliphatic rings. The smallest absolute Gasteiger partial charge is 0.0406 e. The van der Waals surface area contributed by atoms with E-state index in [0.29, 0.717) is 0 Å². The lowest BCUT2D eigenvalue weighted by Crippen LogP contribution is -1.76. The SMILES string of the molecule is Clc1ccc(Sc2ccc(Sc3ccc(Cl)cc3)cc2)cc1. The van der Waals surface area contributed by atoms with Gasteiger partial charge < -0.3 is 0 Å². The molecule has 22 heavy (non-hydrogen) atoms. The topological polar surface area (TPSA) is 0 Å². The van der Waals surface area contributed by atoms with E-state index in [1.807, 2.05) is 48.5 Å². The maximum atomic E-state index is 5.90. The molecule has 3 aromatic rings. The van der Waals surface area contributed by atoms with E-state index in [4.69, 9.17) is 23.2 Å². The highest BCUT2D eigenvalue weighted by molar-refractivity contribution is 7.99. The predicted octanol–water partition coefficient (Wildman–Crippen LogP) is 7.30. The van der Waals surface area contributed by atoms with Gasteiger partial charge >= 0.3 is 0 Å². The molecule has 0 aliphatic carbocycles. The van der Waals surface area contributed by atoms with E-state index < -0.39 is 0 Å². The van der Waals surface area contributed by atoms with Crippen molar-refractivity contribution < 1.29 is 0 Å². The first kappa shape index (κ1) is 15.8. The van der Waals surface area contributed by atoms with E-state index in [1.165, 1.54) is 19.6 Å². The Morgan fingerprint density at radius 1 is 0.409 bits per heavy atom. The summed E-state index contributed by atoms with van der Waals surface area (Å²) in [7, 11) is 0. The number of hydrogen-bond donors (Lipinski definition) is 0. The highest BCUT2D eigenvalue weighted by Gasteiger charge is 2.01. The Morgan fingerprint density at radius 3 is 0.909 bits per heavy atom. The Kier molecular flexibility index (Phi) is 5.37. The van der Waals surface area contributed by atoms with Gasteiger partial charge in [0.1, 0.15) is 0 Å². The highest BCUT2D eigenvalue weighted by atomic mass is 35.5. The zero-order chi connectivity index (χ0) is 15.4. The summed E-state index contributed by atoms with van der Waals surface area (Å²) in [5.41, 5.74) is 0. The van der Waals surface area contributed by atoms with Crippen LogP contribution in [0, 0.1) is 0 Å². The van der Waals surface area contributed by atoms with E-state index in [2.05, 4.69) is 24.3 Å². The van der Waals surface area contributed by atoms with Crippen LogP contribution >= 0.6 is 46.7 Å². The van der Waals surface area contributed by atoms with E-state index >= 15 is 0 Å². The summed E-state index contributed by atoms with van der Waals surface area (Å²) in [6, 6.07) is 24.3. The molecule has 3 rings (SSSR count). The van der Waals surface area contributed by atoms with Crippen LogP contribution in [0.4, 0.5) is 0 Å². The van der Waals surface area contributed by atoms with Crippen LogP contribution in [0.3, 0.4) is 0 Å².